The molecule has 20 heavy (non-hydrogen) atoms. The molecule has 0 amide bonds. The molecule has 1 aromatic rings. The van der Waals surface area contributed by atoms with Gasteiger partial charge in [-0.2, -0.15) is 0 Å². The Balaban J connectivity index is 2.62. The maximum atomic E-state index is 13.4. The Morgan fingerprint density at radius 1 is 1.30 bits per heavy atom. The first-order chi connectivity index (χ1) is 9.26. The normalized spacial score (nSPS) is 15.1. The van der Waals surface area contributed by atoms with Crippen LogP contribution in [0.25, 0.3) is 0 Å². The van der Waals surface area contributed by atoms with Gasteiger partial charge in [0.25, 0.3) is 0 Å². The lowest BCUT2D eigenvalue weighted by molar-refractivity contribution is 0.162. The van der Waals surface area contributed by atoms with Crippen LogP contribution in [0.2, 0.25) is 0 Å². The Kier molecular flexibility index (Phi) is 6.04. The summed E-state index contributed by atoms with van der Waals surface area (Å²) in [6.45, 7) is 3.06. The van der Waals surface area contributed by atoms with Crippen molar-refractivity contribution in [3.05, 3.63) is 35.4 Å². The summed E-state index contributed by atoms with van der Waals surface area (Å²) in [5.74, 6) is -1.71. The van der Waals surface area contributed by atoms with E-state index in [2.05, 4.69) is 5.32 Å². The molecule has 0 saturated carbocycles. The van der Waals surface area contributed by atoms with Gasteiger partial charge in [0.05, 0.1) is 17.4 Å². The summed E-state index contributed by atoms with van der Waals surface area (Å²) in [6, 6.07) is 2.92. The highest BCUT2D eigenvalue weighted by molar-refractivity contribution is 7.91. The number of sulfone groups is 1. The molecule has 2 unspecified atom stereocenters. The van der Waals surface area contributed by atoms with Crippen molar-refractivity contribution in [1.82, 2.24) is 5.32 Å². The van der Waals surface area contributed by atoms with Crippen molar-refractivity contribution in [3.8, 4) is 0 Å². The summed E-state index contributed by atoms with van der Waals surface area (Å²) in [5.41, 5.74) is -0.412. The second kappa shape index (κ2) is 7.10. The molecule has 114 valence electrons. The van der Waals surface area contributed by atoms with Crippen LogP contribution in [0.1, 0.15) is 25.5 Å². The number of hydrogen-bond acceptors (Lipinski definition) is 4. The first kappa shape index (κ1) is 17.0. The monoisotopic (exact) mass is 307 g/mol. The van der Waals surface area contributed by atoms with E-state index in [9.17, 15) is 22.3 Å². The van der Waals surface area contributed by atoms with E-state index in [4.69, 9.17) is 0 Å². The van der Waals surface area contributed by atoms with Crippen LogP contribution < -0.4 is 5.32 Å². The molecular weight excluding hydrogens is 288 g/mol. The number of hydrogen-bond donors (Lipinski definition) is 2. The molecule has 1 aromatic carbocycles. The summed E-state index contributed by atoms with van der Waals surface area (Å²) in [7, 11) is -3.14. The van der Waals surface area contributed by atoms with Gasteiger partial charge in [-0.05, 0) is 19.1 Å². The van der Waals surface area contributed by atoms with Crippen LogP contribution in [0.15, 0.2) is 18.2 Å². The maximum Gasteiger partial charge on any atom is 0.151 e. The summed E-state index contributed by atoms with van der Waals surface area (Å²) in [6.07, 6.45) is -1.37. The van der Waals surface area contributed by atoms with E-state index >= 15 is 0 Å². The van der Waals surface area contributed by atoms with E-state index in [1.807, 2.05) is 0 Å². The summed E-state index contributed by atoms with van der Waals surface area (Å²) < 4.78 is 49.7. The summed E-state index contributed by atoms with van der Waals surface area (Å²) in [5, 5.41) is 12.6. The quantitative estimate of drug-likeness (QED) is 0.799. The number of halogens is 2. The first-order valence-corrected chi connectivity index (χ1v) is 8.14. The van der Waals surface area contributed by atoms with Crippen molar-refractivity contribution in [2.75, 3.05) is 18.1 Å². The third-order valence-electron chi connectivity index (χ3n) is 2.94. The van der Waals surface area contributed by atoms with E-state index in [-0.39, 0.29) is 18.1 Å². The third kappa shape index (κ3) is 4.81. The molecule has 0 fully saturated rings. The molecule has 0 heterocycles. The molecular formula is C13H19F2NO3S. The van der Waals surface area contributed by atoms with E-state index in [0.717, 1.165) is 12.1 Å². The Morgan fingerprint density at radius 3 is 2.35 bits per heavy atom. The van der Waals surface area contributed by atoms with E-state index in [0.29, 0.717) is 0 Å². The van der Waals surface area contributed by atoms with Crippen LogP contribution >= 0.6 is 0 Å². The molecule has 0 aromatic heterocycles. The molecule has 7 heteroatoms. The molecule has 0 saturated heterocycles. The van der Waals surface area contributed by atoms with Crippen molar-refractivity contribution in [3.63, 3.8) is 0 Å². The van der Waals surface area contributed by atoms with Crippen LogP contribution in [0, 0.1) is 11.6 Å². The lowest BCUT2D eigenvalue weighted by atomic mass is 10.1. The number of rotatable bonds is 7. The highest BCUT2D eigenvalue weighted by Gasteiger charge is 2.19. The van der Waals surface area contributed by atoms with Crippen LogP contribution in [-0.2, 0) is 9.84 Å². The predicted octanol–water partition coefficient (Wildman–Crippen LogP) is 1.41. The van der Waals surface area contributed by atoms with Gasteiger partial charge in [0.15, 0.2) is 9.84 Å². The fraction of sp³-hybridized carbons (Fsp3) is 0.538. The van der Waals surface area contributed by atoms with Gasteiger partial charge in [0.1, 0.15) is 11.6 Å². The molecule has 2 atom stereocenters. The minimum Gasteiger partial charge on any atom is -0.387 e. The zero-order valence-corrected chi connectivity index (χ0v) is 12.3. The van der Waals surface area contributed by atoms with Gasteiger partial charge in [0, 0.05) is 18.3 Å². The lowest BCUT2D eigenvalue weighted by Gasteiger charge is -2.18. The Bertz CT molecular complexity index is 528. The minimum atomic E-state index is -3.14. The van der Waals surface area contributed by atoms with E-state index < -0.39 is 39.2 Å². The van der Waals surface area contributed by atoms with E-state index in [1.165, 1.54) is 6.07 Å². The van der Waals surface area contributed by atoms with Crippen molar-refractivity contribution >= 4 is 9.84 Å². The highest BCUT2D eigenvalue weighted by atomic mass is 32.2. The van der Waals surface area contributed by atoms with Gasteiger partial charge in [-0.25, -0.2) is 17.2 Å². The standard InChI is InChI=1S/C13H19F2NO3S/c1-3-20(18,19)8-9(2)16-7-12(17)13-10(14)5-4-6-11(13)15/h4-6,9,12,16-17H,3,7-8H2,1-2H3. The molecule has 4 nitrogen and oxygen atoms in total. The van der Waals surface area contributed by atoms with Crippen molar-refractivity contribution in [1.29, 1.82) is 0 Å². The summed E-state index contributed by atoms with van der Waals surface area (Å²) >= 11 is 0. The maximum absolute atomic E-state index is 13.4. The van der Waals surface area contributed by atoms with Crippen LogP contribution in [-0.4, -0.2) is 37.6 Å². The Morgan fingerprint density at radius 2 is 1.85 bits per heavy atom. The van der Waals surface area contributed by atoms with Crippen molar-refractivity contribution < 1.29 is 22.3 Å². The second-order valence-electron chi connectivity index (χ2n) is 4.66. The Hall–Kier alpha value is -1.05. The number of aliphatic hydroxyl groups excluding tert-OH is 1. The average Bonchev–Trinajstić information content (AvgIpc) is 2.35. The molecule has 1 rings (SSSR count). The molecule has 0 aliphatic heterocycles. The second-order valence-corrected chi connectivity index (χ2v) is 7.06. The van der Waals surface area contributed by atoms with Gasteiger partial charge in [0.2, 0.25) is 0 Å². The molecule has 0 aliphatic rings. The molecule has 0 bridgehead atoms. The lowest BCUT2D eigenvalue weighted by Crippen LogP contribution is -2.36. The first-order valence-electron chi connectivity index (χ1n) is 6.32. The summed E-state index contributed by atoms with van der Waals surface area (Å²) in [4.78, 5) is 0. The zero-order valence-electron chi connectivity index (χ0n) is 11.4. The number of benzene rings is 1. The van der Waals surface area contributed by atoms with Gasteiger partial charge < -0.3 is 10.4 Å². The smallest absolute Gasteiger partial charge is 0.151 e. The molecule has 0 radical (unpaired) electrons. The minimum absolute atomic E-state index is 0.0313. The largest absolute Gasteiger partial charge is 0.387 e. The van der Waals surface area contributed by atoms with Crippen molar-refractivity contribution in [2.24, 2.45) is 0 Å². The van der Waals surface area contributed by atoms with Crippen LogP contribution in [0.3, 0.4) is 0 Å². The number of nitrogens with one attached hydrogen (secondary N) is 1. The third-order valence-corrected chi connectivity index (χ3v) is 4.82. The number of aliphatic hydroxyl groups is 1. The predicted molar refractivity (Wildman–Crippen MR) is 73.1 cm³/mol. The molecule has 0 spiro atoms. The fourth-order valence-electron chi connectivity index (χ4n) is 1.80. The zero-order chi connectivity index (χ0) is 15.3. The SMILES string of the molecule is CCS(=O)(=O)CC(C)NCC(O)c1c(F)cccc1F. The topological polar surface area (TPSA) is 66.4 Å². The van der Waals surface area contributed by atoms with Gasteiger partial charge in [-0.3, -0.25) is 0 Å². The van der Waals surface area contributed by atoms with Crippen LogP contribution in [0.4, 0.5) is 8.78 Å². The molecule has 2 N–H and O–H groups in total. The van der Waals surface area contributed by atoms with Gasteiger partial charge in [-0.1, -0.05) is 13.0 Å². The van der Waals surface area contributed by atoms with Gasteiger partial charge >= 0.3 is 0 Å². The highest BCUT2D eigenvalue weighted by Crippen LogP contribution is 2.20. The average molecular weight is 307 g/mol. The Labute approximate surface area is 117 Å². The fourth-order valence-corrected chi connectivity index (χ4v) is 2.92. The van der Waals surface area contributed by atoms with Gasteiger partial charge in [-0.15, -0.1) is 0 Å². The molecule has 0 aliphatic carbocycles. The van der Waals surface area contributed by atoms with Crippen molar-refractivity contribution in [2.45, 2.75) is 26.0 Å². The van der Waals surface area contributed by atoms with Crippen LogP contribution in [0.5, 0.6) is 0 Å². The van der Waals surface area contributed by atoms with E-state index in [1.54, 1.807) is 13.8 Å².